The Morgan fingerprint density at radius 3 is 2.56 bits per heavy atom. The normalized spacial score (nSPS) is 20.4. The number of carbonyl (C=O) groups is 2. The molecular formula is C29H33N4O3. The molecule has 2 atom stereocenters. The van der Waals surface area contributed by atoms with Gasteiger partial charge in [-0.3, -0.25) is 14.6 Å². The maximum atomic E-state index is 12.9. The highest BCUT2D eigenvalue weighted by Gasteiger charge is 2.57. The van der Waals surface area contributed by atoms with E-state index < -0.39 is 22.8 Å². The molecule has 187 valence electrons. The van der Waals surface area contributed by atoms with Gasteiger partial charge < -0.3 is 20.7 Å². The first-order valence-electron chi connectivity index (χ1n) is 12.1. The molecule has 1 radical (unpaired) electrons. The lowest BCUT2D eigenvalue weighted by atomic mass is 9.57. The van der Waals surface area contributed by atoms with Gasteiger partial charge in [0.15, 0.2) is 0 Å². The van der Waals surface area contributed by atoms with Crippen LogP contribution < -0.4 is 20.7 Å². The summed E-state index contributed by atoms with van der Waals surface area (Å²) in [6.45, 7) is 9.27. The molecule has 7 nitrogen and oxygen atoms in total. The fourth-order valence-corrected chi connectivity index (χ4v) is 5.74. The maximum absolute atomic E-state index is 12.9. The third kappa shape index (κ3) is 4.58. The minimum Gasteiger partial charge on any atom is -0.492 e. The van der Waals surface area contributed by atoms with E-state index in [4.69, 9.17) is 10.5 Å². The number of nitrogens with two attached hydrogens (primary N) is 1. The molecule has 0 fully saturated rings. The molecule has 7 heteroatoms. The maximum Gasteiger partial charge on any atom is 0.224 e. The van der Waals surface area contributed by atoms with Crippen molar-refractivity contribution in [3.05, 3.63) is 89.7 Å². The Morgan fingerprint density at radius 2 is 1.92 bits per heavy atom. The van der Waals surface area contributed by atoms with Gasteiger partial charge in [0.25, 0.3) is 0 Å². The van der Waals surface area contributed by atoms with Gasteiger partial charge in [-0.1, -0.05) is 31.2 Å². The molecule has 2 heterocycles. The number of nitrogens with zero attached hydrogens (tertiary/aromatic N) is 2. The second-order valence-electron chi connectivity index (χ2n) is 9.90. The number of primary amides is 1. The lowest BCUT2D eigenvalue weighted by Crippen LogP contribution is -2.65. The van der Waals surface area contributed by atoms with Gasteiger partial charge in [0.1, 0.15) is 12.4 Å². The predicted octanol–water partition coefficient (Wildman–Crippen LogP) is 3.60. The van der Waals surface area contributed by atoms with Crippen molar-refractivity contribution in [2.75, 3.05) is 18.1 Å². The quantitative estimate of drug-likeness (QED) is 0.475. The summed E-state index contributed by atoms with van der Waals surface area (Å²) in [5.41, 5.74) is 8.07. The third-order valence-electron chi connectivity index (χ3n) is 7.15. The van der Waals surface area contributed by atoms with E-state index in [2.05, 4.69) is 16.4 Å². The summed E-state index contributed by atoms with van der Waals surface area (Å²) in [7, 11) is 0. The number of anilines is 1. The first kappa shape index (κ1) is 25.4. The molecule has 36 heavy (non-hydrogen) atoms. The van der Waals surface area contributed by atoms with E-state index in [0.717, 1.165) is 34.7 Å². The van der Waals surface area contributed by atoms with Crippen LogP contribution in [0.25, 0.3) is 0 Å². The largest absolute Gasteiger partial charge is 0.492 e. The monoisotopic (exact) mass is 485 g/mol. The molecule has 0 saturated heterocycles. The number of carbonyl (C=O) groups excluding carboxylic acids is 2. The fraction of sp³-hybridized carbons (Fsp3) is 0.345. The molecule has 1 aliphatic heterocycles. The Kier molecular flexibility index (Phi) is 7.13. The van der Waals surface area contributed by atoms with Gasteiger partial charge in [0.05, 0.1) is 11.5 Å². The zero-order valence-corrected chi connectivity index (χ0v) is 21.2. The van der Waals surface area contributed by atoms with Crippen LogP contribution in [0.5, 0.6) is 5.75 Å². The van der Waals surface area contributed by atoms with Crippen molar-refractivity contribution >= 4 is 17.5 Å². The van der Waals surface area contributed by atoms with Crippen LogP contribution in [0.3, 0.4) is 0 Å². The van der Waals surface area contributed by atoms with Gasteiger partial charge in [-0.15, -0.1) is 0 Å². The number of benzene rings is 2. The minimum absolute atomic E-state index is 0.137. The first-order chi connectivity index (χ1) is 17.2. The molecule has 3 aromatic rings. The van der Waals surface area contributed by atoms with Crippen molar-refractivity contribution in [2.45, 2.75) is 45.2 Å². The SMILES string of the molecule is CC(=O)N1c2cc[c]cc2C(C)(c2ccc(OCCNCc3cccnc3)cc2)C(C(N)=O)C1(C)C. The first-order valence-corrected chi connectivity index (χ1v) is 12.1. The Balaban J connectivity index is 1.57. The van der Waals surface area contributed by atoms with Crippen LogP contribution in [-0.4, -0.2) is 35.5 Å². The number of hydrogen-bond donors (Lipinski definition) is 2. The lowest BCUT2D eigenvalue weighted by molar-refractivity contribution is -0.127. The number of fused-ring (bicyclic) bond motifs is 1. The van der Waals surface area contributed by atoms with Gasteiger partial charge in [-0.2, -0.15) is 0 Å². The summed E-state index contributed by atoms with van der Waals surface area (Å²) in [5, 5.41) is 3.34. The summed E-state index contributed by atoms with van der Waals surface area (Å²) < 4.78 is 5.92. The van der Waals surface area contributed by atoms with Crippen LogP contribution in [-0.2, 0) is 21.5 Å². The van der Waals surface area contributed by atoms with Gasteiger partial charge in [-0.25, -0.2) is 0 Å². The standard InChI is InChI=1S/C29H33N4O3/c1-20(34)33-25-10-6-5-9-24(25)29(4,26(27(30)35)28(33,2)3)22-11-13-23(14-12-22)36-17-16-32-19-21-8-7-15-31-18-21/h6-15,18,26,32H,16-17,19H2,1-4H3,(H2,30,35). The summed E-state index contributed by atoms with van der Waals surface area (Å²) in [5.74, 6) is -0.521. The molecule has 3 N–H and O–H groups in total. The zero-order chi connectivity index (χ0) is 25.9. The molecule has 0 saturated carbocycles. The summed E-state index contributed by atoms with van der Waals surface area (Å²) in [4.78, 5) is 31.4. The Labute approximate surface area is 212 Å². The van der Waals surface area contributed by atoms with Gasteiger partial charge in [0, 0.05) is 43.5 Å². The van der Waals surface area contributed by atoms with Crippen LogP contribution in [0.15, 0.2) is 67.0 Å². The van der Waals surface area contributed by atoms with Crippen molar-refractivity contribution in [1.29, 1.82) is 0 Å². The van der Waals surface area contributed by atoms with Gasteiger partial charge in [0.2, 0.25) is 11.8 Å². The van der Waals surface area contributed by atoms with Crippen molar-refractivity contribution in [2.24, 2.45) is 11.7 Å². The molecule has 2 aromatic carbocycles. The molecule has 1 aliphatic rings. The Morgan fingerprint density at radius 1 is 1.17 bits per heavy atom. The van der Waals surface area contributed by atoms with Crippen molar-refractivity contribution in [1.82, 2.24) is 10.3 Å². The number of hydrogen-bond acceptors (Lipinski definition) is 5. The Hall–Kier alpha value is -3.71. The number of amides is 2. The van der Waals surface area contributed by atoms with E-state index in [0.29, 0.717) is 13.2 Å². The van der Waals surface area contributed by atoms with Gasteiger partial charge >= 0.3 is 0 Å². The number of aromatic nitrogens is 1. The van der Waals surface area contributed by atoms with Crippen LogP contribution in [0.2, 0.25) is 0 Å². The molecule has 1 aromatic heterocycles. The van der Waals surface area contributed by atoms with E-state index in [1.165, 1.54) is 6.92 Å². The van der Waals surface area contributed by atoms with Crippen LogP contribution in [0, 0.1) is 12.0 Å². The topological polar surface area (TPSA) is 97.6 Å². The fourth-order valence-electron chi connectivity index (χ4n) is 5.74. The zero-order valence-electron chi connectivity index (χ0n) is 21.2. The van der Waals surface area contributed by atoms with E-state index >= 15 is 0 Å². The second kappa shape index (κ2) is 10.1. The van der Waals surface area contributed by atoms with E-state index in [1.807, 2.05) is 75.5 Å². The van der Waals surface area contributed by atoms with Crippen molar-refractivity contribution in [3.8, 4) is 5.75 Å². The van der Waals surface area contributed by atoms with Crippen molar-refractivity contribution in [3.63, 3.8) is 0 Å². The van der Waals surface area contributed by atoms with E-state index in [-0.39, 0.29) is 5.91 Å². The average molecular weight is 486 g/mol. The molecular weight excluding hydrogens is 452 g/mol. The highest BCUT2D eigenvalue weighted by atomic mass is 16.5. The average Bonchev–Trinajstić information content (AvgIpc) is 2.84. The number of ether oxygens (including phenoxy) is 1. The van der Waals surface area contributed by atoms with Crippen LogP contribution >= 0.6 is 0 Å². The van der Waals surface area contributed by atoms with E-state index in [1.54, 1.807) is 17.2 Å². The summed E-state index contributed by atoms with van der Waals surface area (Å²) in [6, 6.07) is 20.4. The molecule has 2 amide bonds. The van der Waals surface area contributed by atoms with Gasteiger partial charge in [-0.05, 0) is 66.9 Å². The highest BCUT2D eigenvalue weighted by molar-refractivity contribution is 5.98. The number of pyridine rings is 1. The highest BCUT2D eigenvalue weighted by Crippen LogP contribution is 2.54. The summed E-state index contributed by atoms with van der Waals surface area (Å²) in [6.07, 6.45) is 3.59. The minimum atomic E-state index is -0.837. The van der Waals surface area contributed by atoms with E-state index in [9.17, 15) is 9.59 Å². The smallest absolute Gasteiger partial charge is 0.224 e. The molecule has 4 rings (SSSR count). The molecule has 0 spiro atoms. The number of rotatable bonds is 8. The van der Waals surface area contributed by atoms with Crippen molar-refractivity contribution < 1.29 is 14.3 Å². The molecule has 2 unspecified atom stereocenters. The summed E-state index contributed by atoms with van der Waals surface area (Å²) >= 11 is 0. The molecule has 0 bridgehead atoms. The third-order valence-corrected chi connectivity index (χ3v) is 7.15. The second-order valence-corrected chi connectivity index (χ2v) is 9.90. The van der Waals surface area contributed by atoms with Crippen LogP contribution in [0.1, 0.15) is 44.4 Å². The lowest BCUT2D eigenvalue weighted by Gasteiger charge is -2.55. The predicted molar refractivity (Wildman–Crippen MR) is 140 cm³/mol. The van der Waals surface area contributed by atoms with Crippen LogP contribution in [0.4, 0.5) is 5.69 Å². The number of nitrogens with one attached hydrogen (secondary N) is 1. The molecule has 0 aliphatic carbocycles. The Bertz CT molecular complexity index is 1230.